The fourth-order valence-electron chi connectivity index (χ4n) is 3.83. The van der Waals surface area contributed by atoms with E-state index >= 15 is 0 Å². The zero-order chi connectivity index (χ0) is 23.5. The van der Waals surface area contributed by atoms with Crippen molar-refractivity contribution in [1.82, 2.24) is 4.31 Å². The Balaban J connectivity index is 2.00. The van der Waals surface area contributed by atoms with Crippen molar-refractivity contribution in [3.05, 3.63) is 53.1 Å². The van der Waals surface area contributed by atoms with E-state index < -0.39 is 10.0 Å². The molecule has 0 aliphatic carbocycles. The van der Waals surface area contributed by atoms with E-state index in [1.807, 2.05) is 18.2 Å². The number of carbonyl (C=O) groups excluding carboxylic acids is 1. The van der Waals surface area contributed by atoms with Crippen LogP contribution >= 0.6 is 0 Å². The molecule has 1 aliphatic heterocycles. The molecule has 7 nitrogen and oxygen atoms in total. The molecule has 0 spiro atoms. The van der Waals surface area contributed by atoms with Crippen LogP contribution in [0.15, 0.2) is 41.3 Å². The van der Waals surface area contributed by atoms with Gasteiger partial charge in [-0.25, -0.2) is 8.42 Å². The molecule has 32 heavy (non-hydrogen) atoms. The van der Waals surface area contributed by atoms with Crippen LogP contribution < -0.4 is 10.1 Å². The van der Waals surface area contributed by atoms with Gasteiger partial charge in [0.05, 0.1) is 20.3 Å². The van der Waals surface area contributed by atoms with E-state index in [-0.39, 0.29) is 47.0 Å². The second-order valence-electron chi connectivity index (χ2n) is 8.46. The highest BCUT2D eigenvalue weighted by Crippen LogP contribution is 2.33. The molecule has 0 saturated carbocycles. The molecule has 1 aliphatic rings. The number of methoxy groups -OCH3 is 1. The zero-order valence-electron chi connectivity index (χ0n) is 19.3. The molecule has 8 heteroatoms. The van der Waals surface area contributed by atoms with Crippen LogP contribution in [0, 0.1) is 0 Å². The lowest BCUT2D eigenvalue weighted by Crippen LogP contribution is -2.40. The Hall–Kier alpha value is -2.42. The van der Waals surface area contributed by atoms with Crippen LogP contribution in [-0.2, 0) is 14.8 Å². The number of hydrogen-bond donors (Lipinski definition) is 1. The number of para-hydroxylation sites is 1. The Morgan fingerprint density at radius 2 is 1.62 bits per heavy atom. The maximum atomic E-state index is 13.2. The van der Waals surface area contributed by atoms with Crippen molar-refractivity contribution in [3.63, 3.8) is 0 Å². The van der Waals surface area contributed by atoms with Crippen molar-refractivity contribution in [2.75, 3.05) is 38.7 Å². The Morgan fingerprint density at radius 1 is 1.03 bits per heavy atom. The van der Waals surface area contributed by atoms with Gasteiger partial charge in [-0.05, 0) is 41.2 Å². The van der Waals surface area contributed by atoms with Gasteiger partial charge in [-0.3, -0.25) is 4.79 Å². The average Bonchev–Trinajstić information content (AvgIpc) is 2.78. The minimum atomic E-state index is -3.83. The number of anilines is 1. The van der Waals surface area contributed by atoms with E-state index in [1.165, 1.54) is 23.5 Å². The second kappa shape index (κ2) is 10.0. The van der Waals surface area contributed by atoms with E-state index in [0.717, 1.165) is 16.8 Å². The molecule has 1 amide bonds. The summed E-state index contributed by atoms with van der Waals surface area (Å²) in [7, 11) is -2.41. The van der Waals surface area contributed by atoms with Gasteiger partial charge in [0.15, 0.2) is 0 Å². The summed E-state index contributed by atoms with van der Waals surface area (Å²) in [5.74, 6) is 0.286. The van der Waals surface area contributed by atoms with E-state index in [9.17, 15) is 13.2 Å². The first-order valence-electron chi connectivity index (χ1n) is 10.9. The van der Waals surface area contributed by atoms with E-state index in [0.29, 0.717) is 13.2 Å². The molecular weight excluding hydrogens is 428 g/mol. The molecular formula is C24H32N2O5S. The highest BCUT2D eigenvalue weighted by molar-refractivity contribution is 7.89. The number of hydrogen-bond acceptors (Lipinski definition) is 5. The standard InChI is InChI=1S/C24H32N2O5S/c1-16(2)19-7-6-8-20(17(3)4)23(19)25-24(27)18-9-10-21(30-5)22(15-18)32(28,29)26-11-13-31-14-12-26/h6-10,15-17H,11-14H2,1-5H3,(H,25,27). The zero-order valence-corrected chi connectivity index (χ0v) is 20.2. The molecule has 1 fully saturated rings. The fourth-order valence-corrected chi connectivity index (χ4v) is 5.42. The molecule has 0 unspecified atom stereocenters. The number of morpholine rings is 1. The molecule has 0 atom stereocenters. The van der Waals surface area contributed by atoms with Crippen molar-refractivity contribution in [3.8, 4) is 5.75 Å². The van der Waals surface area contributed by atoms with Gasteiger partial charge < -0.3 is 14.8 Å². The van der Waals surface area contributed by atoms with E-state index in [4.69, 9.17) is 9.47 Å². The Kier molecular flexibility index (Phi) is 7.59. The summed E-state index contributed by atoms with van der Waals surface area (Å²) in [6, 6.07) is 10.5. The lowest BCUT2D eigenvalue weighted by Gasteiger charge is -2.27. The molecule has 0 bridgehead atoms. The number of benzene rings is 2. The first kappa shape index (κ1) is 24.2. The molecule has 1 heterocycles. The van der Waals surface area contributed by atoms with Gasteiger partial charge >= 0.3 is 0 Å². The van der Waals surface area contributed by atoms with Gasteiger partial charge in [0.25, 0.3) is 5.91 Å². The normalized spacial score (nSPS) is 15.2. The van der Waals surface area contributed by atoms with Gasteiger partial charge in [-0.1, -0.05) is 45.9 Å². The van der Waals surface area contributed by atoms with Gasteiger partial charge in [0.1, 0.15) is 10.6 Å². The third-order valence-corrected chi connectivity index (χ3v) is 7.54. The van der Waals surface area contributed by atoms with Crippen LogP contribution in [0.2, 0.25) is 0 Å². The minimum Gasteiger partial charge on any atom is -0.495 e. The number of sulfonamides is 1. The van der Waals surface area contributed by atoms with Crippen LogP contribution in [0.5, 0.6) is 5.75 Å². The second-order valence-corrected chi connectivity index (χ2v) is 10.4. The summed E-state index contributed by atoms with van der Waals surface area (Å²) < 4.78 is 38.4. The summed E-state index contributed by atoms with van der Waals surface area (Å²) in [6.45, 7) is 9.52. The number of rotatable bonds is 7. The molecule has 3 rings (SSSR count). The molecule has 2 aromatic carbocycles. The van der Waals surface area contributed by atoms with Crippen molar-refractivity contribution >= 4 is 21.6 Å². The first-order valence-corrected chi connectivity index (χ1v) is 12.3. The third-order valence-electron chi connectivity index (χ3n) is 5.63. The molecule has 2 aromatic rings. The van der Waals surface area contributed by atoms with Gasteiger partial charge in [-0.15, -0.1) is 0 Å². The maximum Gasteiger partial charge on any atom is 0.255 e. The number of amides is 1. The summed E-state index contributed by atoms with van der Waals surface area (Å²) in [4.78, 5) is 13.2. The van der Waals surface area contributed by atoms with Crippen LogP contribution in [0.25, 0.3) is 0 Å². The topological polar surface area (TPSA) is 84.9 Å². The predicted octanol–water partition coefficient (Wildman–Crippen LogP) is 4.22. The van der Waals surface area contributed by atoms with Gasteiger partial charge in [0.2, 0.25) is 10.0 Å². The maximum absolute atomic E-state index is 13.2. The number of ether oxygens (including phenoxy) is 2. The minimum absolute atomic E-state index is 0.0178. The van der Waals surface area contributed by atoms with Crippen molar-refractivity contribution in [2.45, 2.75) is 44.4 Å². The Morgan fingerprint density at radius 3 is 2.16 bits per heavy atom. The SMILES string of the molecule is COc1ccc(C(=O)Nc2c(C(C)C)cccc2C(C)C)cc1S(=O)(=O)N1CCOCC1. The van der Waals surface area contributed by atoms with Crippen LogP contribution in [0.4, 0.5) is 5.69 Å². The lowest BCUT2D eigenvalue weighted by atomic mass is 9.92. The quantitative estimate of drug-likeness (QED) is 0.669. The van der Waals surface area contributed by atoms with Crippen molar-refractivity contribution < 1.29 is 22.7 Å². The Bertz CT molecular complexity index is 1050. The third kappa shape index (κ3) is 4.98. The van der Waals surface area contributed by atoms with Gasteiger partial charge in [0, 0.05) is 24.3 Å². The monoisotopic (exact) mass is 460 g/mol. The number of nitrogens with zero attached hydrogens (tertiary/aromatic N) is 1. The van der Waals surface area contributed by atoms with E-state index in [2.05, 4.69) is 33.0 Å². The Labute approximate surface area is 190 Å². The molecule has 0 radical (unpaired) electrons. The lowest BCUT2D eigenvalue weighted by molar-refractivity contribution is 0.0729. The first-order chi connectivity index (χ1) is 15.2. The predicted molar refractivity (Wildman–Crippen MR) is 125 cm³/mol. The molecule has 1 N–H and O–H groups in total. The van der Waals surface area contributed by atoms with Crippen molar-refractivity contribution in [2.24, 2.45) is 0 Å². The summed E-state index contributed by atoms with van der Waals surface area (Å²) >= 11 is 0. The summed E-state index contributed by atoms with van der Waals surface area (Å²) in [5.41, 5.74) is 3.13. The molecule has 174 valence electrons. The molecule has 1 saturated heterocycles. The van der Waals surface area contributed by atoms with E-state index in [1.54, 1.807) is 6.07 Å². The molecule has 0 aromatic heterocycles. The summed E-state index contributed by atoms with van der Waals surface area (Å²) in [6.07, 6.45) is 0. The fraction of sp³-hybridized carbons (Fsp3) is 0.458. The number of carbonyl (C=O) groups is 1. The average molecular weight is 461 g/mol. The smallest absolute Gasteiger partial charge is 0.255 e. The highest BCUT2D eigenvalue weighted by Gasteiger charge is 2.30. The summed E-state index contributed by atoms with van der Waals surface area (Å²) in [5, 5.41) is 3.05. The largest absolute Gasteiger partial charge is 0.495 e. The van der Waals surface area contributed by atoms with Gasteiger partial charge in [-0.2, -0.15) is 4.31 Å². The number of nitrogens with one attached hydrogen (secondary N) is 1. The van der Waals surface area contributed by atoms with Crippen molar-refractivity contribution in [1.29, 1.82) is 0 Å². The van der Waals surface area contributed by atoms with Crippen LogP contribution in [-0.4, -0.2) is 52.0 Å². The van der Waals surface area contributed by atoms with Crippen LogP contribution in [0.1, 0.15) is 61.0 Å². The highest BCUT2D eigenvalue weighted by atomic mass is 32.2. The van der Waals surface area contributed by atoms with Crippen LogP contribution in [0.3, 0.4) is 0 Å².